The van der Waals surface area contributed by atoms with Crippen LogP contribution < -0.4 is 16.4 Å². The number of nitrogens with zero attached hydrogens (tertiary/aromatic N) is 3. The molecule has 0 aliphatic heterocycles. The lowest BCUT2D eigenvalue weighted by Gasteiger charge is -2.08. The van der Waals surface area contributed by atoms with Crippen molar-refractivity contribution in [1.29, 1.82) is 0 Å². The molecule has 0 aliphatic carbocycles. The van der Waals surface area contributed by atoms with Crippen molar-refractivity contribution in [2.24, 2.45) is 5.73 Å². The zero-order valence-electron chi connectivity index (χ0n) is 15.9. The van der Waals surface area contributed by atoms with Crippen LogP contribution in [-0.4, -0.2) is 27.4 Å². The molecule has 148 valence electrons. The number of aryl methyl sites for hydroxylation is 1. The number of benzene rings is 1. The molecule has 8 nitrogen and oxygen atoms in total. The number of aromatic nitrogens is 3. The van der Waals surface area contributed by atoms with E-state index in [1.54, 1.807) is 19.1 Å². The van der Waals surface area contributed by atoms with Crippen LogP contribution in [0.15, 0.2) is 34.7 Å². The van der Waals surface area contributed by atoms with Gasteiger partial charge in [-0.25, -0.2) is 15.0 Å². The van der Waals surface area contributed by atoms with Crippen molar-refractivity contribution in [1.82, 2.24) is 15.0 Å². The number of halogens is 1. The first-order valence-corrected chi connectivity index (χ1v) is 9.52. The average molecular weight is 411 g/mol. The third-order valence-corrected chi connectivity index (χ3v) is 4.55. The van der Waals surface area contributed by atoms with E-state index in [4.69, 9.17) is 21.8 Å². The monoisotopic (exact) mass is 410 g/mol. The van der Waals surface area contributed by atoms with Crippen LogP contribution >= 0.6 is 11.6 Å². The average Bonchev–Trinajstić information content (AvgIpc) is 3.04. The van der Waals surface area contributed by atoms with E-state index in [-0.39, 0.29) is 5.76 Å². The van der Waals surface area contributed by atoms with Crippen LogP contribution in [0.5, 0.6) is 0 Å². The molecule has 0 aliphatic rings. The van der Waals surface area contributed by atoms with E-state index in [0.29, 0.717) is 40.4 Å². The minimum atomic E-state index is -0.616. The molecule has 9 heteroatoms. The number of furan rings is 1. The van der Waals surface area contributed by atoms with Crippen LogP contribution in [0, 0.1) is 6.92 Å². The van der Waals surface area contributed by atoms with E-state index in [0.717, 1.165) is 22.7 Å². The summed E-state index contributed by atoms with van der Waals surface area (Å²) in [5, 5.41) is 8.38. The maximum absolute atomic E-state index is 11.8. The molecule has 4 aromatic rings. The SMILES string of the molecule is CCCNc1c(C(N)=O)oc2ccc3nc(Nc4cc(Cl)nc(C)n4)ccc3c12. The molecule has 4 rings (SSSR count). The largest absolute Gasteiger partial charge is 0.449 e. The van der Waals surface area contributed by atoms with Crippen molar-refractivity contribution in [2.75, 3.05) is 17.2 Å². The van der Waals surface area contributed by atoms with Crippen LogP contribution in [0.25, 0.3) is 21.9 Å². The molecule has 0 spiro atoms. The number of hydrogen-bond acceptors (Lipinski definition) is 7. The van der Waals surface area contributed by atoms with Gasteiger partial charge in [-0.2, -0.15) is 0 Å². The molecule has 1 aromatic carbocycles. The predicted octanol–water partition coefficient (Wildman–Crippen LogP) is 4.40. The van der Waals surface area contributed by atoms with Crippen LogP contribution in [0.3, 0.4) is 0 Å². The standard InChI is InChI=1S/C20H19ClN6O2/c1-3-8-23-18-17-11-4-7-15(27-16-9-14(21)24-10(2)25-16)26-12(11)5-6-13(17)29-19(18)20(22)28/h4-7,9,23H,3,8H2,1-2H3,(H2,22,28)(H,24,25,26,27). The molecular weight excluding hydrogens is 392 g/mol. The number of carbonyl (C=O) groups excluding carboxylic acids is 1. The molecule has 29 heavy (non-hydrogen) atoms. The summed E-state index contributed by atoms with van der Waals surface area (Å²) in [6.07, 6.45) is 0.892. The lowest BCUT2D eigenvalue weighted by Crippen LogP contribution is -2.13. The maximum Gasteiger partial charge on any atom is 0.286 e. The Balaban J connectivity index is 1.81. The van der Waals surface area contributed by atoms with Gasteiger partial charge in [0.25, 0.3) is 5.91 Å². The maximum atomic E-state index is 11.8. The summed E-state index contributed by atoms with van der Waals surface area (Å²) in [4.78, 5) is 24.9. The molecule has 3 heterocycles. The smallest absolute Gasteiger partial charge is 0.286 e. The topological polar surface area (TPSA) is 119 Å². The number of anilines is 3. The molecule has 0 radical (unpaired) electrons. The van der Waals surface area contributed by atoms with Crippen LogP contribution in [0.1, 0.15) is 29.7 Å². The van der Waals surface area contributed by atoms with Crippen molar-refractivity contribution in [2.45, 2.75) is 20.3 Å². The minimum absolute atomic E-state index is 0.120. The summed E-state index contributed by atoms with van der Waals surface area (Å²) in [6.45, 7) is 4.49. The molecule has 0 fully saturated rings. The highest BCUT2D eigenvalue weighted by molar-refractivity contribution is 6.29. The van der Waals surface area contributed by atoms with Gasteiger partial charge in [-0.1, -0.05) is 18.5 Å². The Morgan fingerprint density at radius 2 is 2.00 bits per heavy atom. The number of hydrogen-bond donors (Lipinski definition) is 3. The van der Waals surface area contributed by atoms with E-state index in [9.17, 15) is 4.79 Å². The number of nitrogens with one attached hydrogen (secondary N) is 2. The zero-order valence-corrected chi connectivity index (χ0v) is 16.7. The molecule has 0 saturated carbocycles. The lowest BCUT2D eigenvalue weighted by atomic mass is 10.1. The van der Waals surface area contributed by atoms with Gasteiger partial charge in [0.1, 0.15) is 28.2 Å². The minimum Gasteiger partial charge on any atom is -0.449 e. The van der Waals surface area contributed by atoms with E-state index in [1.807, 2.05) is 25.1 Å². The summed E-state index contributed by atoms with van der Waals surface area (Å²) in [5.74, 6) is 1.23. The second-order valence-electron chi connectivity index (χ2n) is 6.55. The van der Waals surface area contributed by atoms with E-state index in [2.05, 4.69) is 25.6 Å². The molecule has 3 aromatic heterocycles. The number of rotatable bonds is 6. The molecule has 0 saturated heterocycles. The van der Waals surface area contributed by atoms with Gasteiger partial charge in [0.2, 0.25) is 5.76 Å². The molecule has 0 unspecified atom stereocenters. The van der Waals surface area contributed by atoms with E-state index in [1.165, 1.54) is 0 Å². The number of pyridine rings is 1. The van der Waals surface area contributed by atoms with Gasteiger partial charge in [0.05, 0.1) is 16.6 Å². The van der Waals surface area contributed by atoms with Gasteiger partial charge in [-0.15, -0.1) is 0 Å². The van der Waals surface area contributed by atoms with Crippen molar-refractivity contribution < 1.29 is 9.21 Å². The Hall–Kier alpha value is -3.39. The fourth-order valence-electron chi connectivity index (χ4n) is 3.19. The van der Waals surface area contributed by atoms with Gasteiger partial charge in [0.15, 0.2) is 0 Å². The van der Waals surface area contributed by atoms with Crippen LogP contribution in [0.4, 0.5) is 17.3 Å². The molecular formula is C20H19ClN6O2. The summed E-state index contributed by atoms with van der Waals surface area (Å²) >= 11 is 6.00. The van der Waals surface area contributed by atoms with Crippen molar-refractivity contribution >= 4 is 56.7 Å². The fraction of sp³-hybridized carbons (Fsp3) is 0.200. The second-order valence-corrected chi connectivity index (χ2v) is 6.93. The Kier molecular flexibility index (Phi) is 4.94. The van der Waals surface area contributed by atoms with Crippen LogP contribution in [0.2, 0.25) is 5.15 Å². The summed E-state index contributed by atoms with van der Waals surface area (Å²) in [7, 11) is 0. The van der Waals surface area contributed by atoms with Crippen molar-refractivity contribution in [3.8, 4) is 0 Å². The Bertz CT molecular complexity index is 1220. The molecule has 0 atom stereocenters. The Labute approximate surface area is 171 Å². The van der Waals surface area contributed by atoms with Gasteiger partial charge in [-0.05, 0) is 37.6 Å². The highest BCUT2D eigenvalue weighted by Crippen LogP contribution is 2.36. The van der Waals surface area contributed by atoms with Gasteiger partial charge in [-0.3, -0.25) is 4.79 Å². The number of fused-ring (bicyclic) bond motifs is 3. The first-order valence-electron chi connectivity index (χ1n) is 9.14. The van der Waals surface area contributed by atoms with E-state index < -0.39 is 5.91 Å². The zero-order chi connectivity index (χ0) is 20.5. The van der Waals surface area contributed by atoms with Gasteiger partial charge >= 0.3 is 0 Å². The molecule has 4 N–H and O–H groups in total. The molecule has 0 bridgehead atoms. The number of primary amides is 1. The van der Waals surface area contributed by atoms with Crippen molar-refractivity contribution in [3.05, 3.63) is 47.1 Å². The summed E-state index contributed by atoms with van der Waals surface area (Å²) in [6, 6.07) is 8.99. The number of carbonyl (C=O) groups is 1. The third-order valence-electron chi connectivity index (χ3n) is 4.36. The fourth-order valence-corrected chi connectivity index (χ4v) is 3.42. The normalized spacial score (nSPS) is 11.1. The number of amides is 1. The third kappa shape index (κ3) is 3.66. The van der Waals surface area contributed by atoms with Gasteiger partial charge < -0.3 is 20.8 Å². The lowest BCUT2D eigenvalue weighted by molar-refractivity contribution is 0.0977. The Morgan fingerprint density at radius 1 is 1.17 bits per heavy atom. The first-order chi connectivity index (χ1) is 14.0. The first kappa shape index (κ1) is 18.9. The second kappa shape index (κ2) is 7.56. The van der Waals surface area contributed by atoms with Crippen molar-refractivity contribution in [3.63, 3.8) is 0 Å². The van der Waals surface area contributed by atoms with E-state index >= 15 is 0 Å². The highest BCUT2D eigenvalue weighted by Gasteiger charge is 2.20. The molecule has 1 amide bonds. The predicted molar refractivity (Wildman–Crippen MR) is 114 cm³/mol. The quantitative estimate of drug-likeness (QED) is 0.403. The number of nitrogens with two attached hydrogens (primary N) is 1. The summed E-state index contributed by atoms with van der Waals surface area (Å²) < 4.78 is 5.71. The Morgan fingerprint density at radius 3 is 2.72 bits per heavy atom. The highest BCUT2D eigenvalue weighted by atomic mass is 35.5. The van der Waals surface area contributed by atoms with Gasteiger partial charge in [0, 0.05) is 18.0 Å². The summed E-state index contributed by atoms with van der Waals surface area (Å²) in [5.41, 5.74) is 7.41. The van der Waals surface area contributed by atoms with Crippen LogP contribution in [-0.2, 0) is 0 Å².